The van der Waals surface area contributed by atoms with E-state index in [-0.39, 0.29) is 12.5 Å². The molecule has 1 N–H and O–H groups in total. The lowest BCUT2D eigenvalue weighted by atomic mass is 10.2. The summed E-state index contributed by atoms with van der Waals surface area (Å²) in [6.45, 7) is 4.40. The van der Waals surface area contributed by atoms with Crippen LogP contribution in [0.1, 0.15) is 26.2 Å². The number of barbiturate groups is 1. The highest BCUT2D eigenvalue weighted by atomic mass is 16.2. The topological polar surface area (TPSA) is 69.7 Å². The van der Waals surface area contributed by atoms with Gasteiger partial charge in [-0.1, -0.05) is 0 Å². The predicted octanol–water partition coefficient (Wildman–Crippen LogP) is -0.0608. The molecule has 0 saturated carbocycles. The van der Waals surface area contributed by atoms with Crippen molar-refractivity contribution >= 4 is 17.8 Å². The van der Waals surface area contributed by atoms with Gasteiger partial charge in [-0.15, -0.1) is 0 Å². The van der Waals surface area contributed by atoms with Gasteiger partial charge in [0, 0.05) is 12.6 Å². The number of urea groups is 1. The summed E-state index contributed by atoms with van der Waals surface area (Å²) in [5.41, 5.74) is 0. The highest BCUT2D eigenvalue weighted by molar-refractivity contribution is 6.14. The molecule has 0 bridgehead atoms. The summed E-state index contributed by atoms with van der Waals surface area (Å²) in [7, 11) is 0. The van der Waals surface area contributed by atoms with E-state index in [2.05, 4.69) is 10.2 Å². The fourth-order valence-electron chi connectivity index (χ4n) is 2.32. The Hall–Kier alpha value is -1.43. The molecule has 2 fully saturated rings. The number of carbonyl (C=O) groups is 3. The van der Waals surface area contributed by atoms with Crippen molar-refractivity contribution in [1.29, 1.82) is 0 Å². The smallest absolute Gasteiger partial charge is 0.299 e. The van der Waals surface area contributed by atoms with Crippen molar-refractivity contribution in [3.05, 3.63) is 0 Å². The normalized spacial score (nSPS) is 24.1. The van der Waals surface area contributed by atoms with E-state index in [1.165, 1.54) is 12.8 Å². The average molecular weight is 239 g/mol. The van der Waals surface area contributed by atoms with Crippen LogP contribution in [0.15, 0.2) is 0 Å². The van der Waals surface area contributed by atoms with Gasteiger partial charge < -0.3 is 0 Å². The van der Waals surface area contributed by atoms with Crippen LogP contribution in [0.3, 0.4) is 0 Å². The largest absolute Gasteiger partial charge is 0.330 e. The highest BCUT2D eigenvalue weighted by Crippen LogP contribution is 2.13. The molecule has 2 saturated heterocycles. The maximum atomic E-state index is 11.6. The Morgan fingerprint density at radius 2 is 1.88 bits per heavy atom. The van der Waals surface area contributed by atoms with Crippen LogP contribution in [0.4, 0.5) is 4.79 Å². The summed E-state index contributed by atoms with van der Waals surface area (Å²) in [5, 5.41) is 2.16. The SMILES string of the molecule is CC(CN1C(=O)CC(=O)NC1=O)N1CCCC1. The van der Waals surface area contributed by atoms with Gasteiger partial charge >= 0.3 is 6.03 Å². The second-order valence-electron chi connectivity index (χ2n) is 4.63. The van der Waals surface area contributed by atoms with E-state index in [0.717, 1.165) is 18.0 Å². The van der Waals surface area contributed by atoms with Crippen LogP contribution in [0.5, 0.6) is 0 Å². The third kappa shape index (κ3) is 2.63. The Morgan fingerprint density at radius 3 is 2.47 bits per heavy atom. The second-order valence-corrected chi connectivity index (χ2v) is 4.63. The molecule has 6 nitrogen and oxygen atoms in total. The van der Waals surface area contributed by atoms with Gasteiger partial charge in [0.15, 0.2) is 0 Å². The third-order valence-electron chi connectivity index (χ3n) is 3.32. The average Bonchev–Trinajstić information content (AvgIpc) is 2.76. The standard InChI is InChI=1S/C11H17N3O3/c1-8(13-4-2-3-5-13)7-14-10(16)6-9(15)12-11(14)17/h8H,2-7H2,1H3,(H,12,15,17). The zero-order chi connectivity index (χ0) is 12.4. The van der Waals surface area contributed by atoms with Crippen LogP contribution < -0.4 is 5.32 Å². The van der Waals surface area contributed by atoms with Crippen LogP contribution >= 0.6 is 0 Å². The second kappa shape index (κ2) is 4.83. The molecule has 94 valence electrons. The van der Waals surface area contributed by atoms with E-state index in [1.54, 1.807) is 0 Å². The molecular weight excluding hydrogens is 222 g/mol. The Kier molecular flexibility index (Phi) is 3.42. The number of hydrogen-bond donors (Lipinski definition) is 1. The quantitative estimate of drug-likeness (QED) is 0.700. The molecule has 2 heterocycles. The molecule has 4 amide bonds. The Labute approximate surface area is 99.9 Å². The van der Waals surface area contributed by atoms with Gasteiger partial charge in [0.2, 0.25) is 11.8 Å². The van der Waals surface area contributed by atoms with Crippen LogP contribution in [-0.2, 0) is 9.59 Å². The Bertz CT molecular complexity index is 330. The van der Waals surface area contributed by atoms with Gasteiger partial charge in [-0.2, -0.15) is 0 Å². The number of amides is 4. The van der Waals surface area contributed by atoms with E-state index >= 15 is 0 Å². The van der Waals surface area contributed by atoms with Gasteiger partial charge in [0.05, 0.1) is 0 Å². The molecule has 0 aromatic heterocycles. The molecule has 1 atom stereocenters. The van der Waals surface area contributed by atoms with Crippen molar-refractivity contribution < 1.29 is 14.4 Å². The molecule has 0 aliphatic carbocycles. The van der Waals surface area contributed by atoms with Crippen molar-refractivity contribution in [2.75, 3.05) is 19.6 Å². The van der Waals surface area contributed by atoms with Crippen LogP contribution in [0.2, 0.25) is 0 Å². The van der Waals surface area contributed by atoms with E-state index in [4.69, 9.17) is 0 Å². The first-order valence-electron chi connectivity index (χ1n) is 5.96. The first-order valence-corrected chi connectivity index (χ1v) is 5.96. The van der Waals surface area contributed by atoms with Crippen molar-refractivity contribution in [2.45, 2.75) is 32.2 Å². The minimum absolute atomic E-state index is 0.153. The fourth-order valence-corrected chi connectivity index (χ4v) is 2.32. The number of carbonyl (C=O) groups excluding carboxylic acids is 3. The third-order valence-corrected chi connectivity index (χ3v) is 3.32. The number of nitrogens with zero attached hydrogens (tertiary/aromatic N) is 2. The number of rotatable bonds is 3. The molecule has 0 aromatic rings. The monoisotopic (exact) mass is 239 g/mol. The van der Waals surface area contributed by atoms with E-state index in [0.29, 0.717) is 6.54 Å². The predicted molar refractivity (Wildman–Crippen MR) is 60.1 cm³/mol. The van der Waals surface area contributed by atoms with Crippen molar-refractivity contribution in [1.82, 2.24) is 15.1 Å². The van der Waals surface area contributed by atoms with Gasteiger partial charge in [0.1, 0.15) is 6.42 Å². The maximum Gasteiger partial charge on any atom is 0.330 e. The van der Waals surface area contributed by atoms with Crippen LogP contribution in [0, 0.1) is 0 Å². The number of imide groups is 2. The summed E-state index contributed by atoms with van der Waals surface area (Å²) in [6, 6.07) is -0.433. The summed E-state index contributed by atoms with van der Waals surface area (Å²) in [5.74, 6) is -0.908. The lowest BCUT2D eigenvalue weighted by Gasteiger charge is -2.31. The molecular formula is C11H17N3O3. The number of likely N-dealkylation sites (tertiary alicyclic amines) is 1. The lowest BCUT2D eigenvalue weighted by Crippen LogP contribution is -2.56. The highest BCUT2D eigenvalue weighted by Gasteiger charge is 2.32. The molecule has 2 rings (SSSR count). The number of hydrogen-bond acceptors (Lipinski definition) is 4. The van der Waals surface area contributed by atoms with E-state index < -0.39 is 17.8 Å². The van der Waals surface area contributed by atoms with Gasteiger partial charge in [-0.05, 0) is 32.9 Å². The molecule has 0 spiro atoms. The lowest BCUT2D eigenvalue weighted by molar-refractivity contribution is -0.136. The fraction of sp³-hybridized carbons (Fsp3) is 0.727. The minimum atomic E-state index is -0.586. The first-order chi connectivity index (χ1) is 8.08. The van der Waals surface area contributed by atoms with Crippen molar-refractivity contribution in [3.8, 4) is 0 Å². The summed E-state index contributed by atoms with van der Waals surface area (Å²) in [4.78, 5) is 37.5. The number of nitrogens with one attached hydrogen (secondary N) is 1. The van der Waals surface area contributed by atoms with Gasteiger partial charge in [-0.3, -0.25) is 24.7 Å². The molecule has 0 radical (unpaired) electrons. The van der Waals surface area contributed by atoms with Gasteiger partial charge in [0.25, 0.3) is 0 Å². The zero-order valence-electron chi connectivity index (χ0n) is 9.94. The zero-order valence-corrected chi connectivity index (χ0v) is 9.94. The van der Waals surface area contributed by atoms with Gasteiger partial charge in [-0.25, -0.2) is 4.79 Å². The minimum Gasteiger partial charge on any atom is -0.299 e. The molecule has 17 heavy (non-hydrogen) atoms. The maximum absolute atomic E-state index is 11.6. The first kappa shape index (κ1) is 12.0. The van der Waals surface area contributed by atoms with E-state index in [1.807, 2.05) is 6.92 Å². The van der Waals surface area contributed by atoms with Crippen molar-refractivity contribution in [2.24, 2.45) is 0 Å². The molecule has 2 aliphatic heterocycles. The van der Waals surface area contributed by atoms with E-state index in [9.17, 15) is 14.4 Å². The summed E-state index contributed by atoms with van der Waals surface area (Å²) in [6.07, 6.45) is 2.12. The molecule has 0 aromatic carbocycles. The molecule has 1 unspecified atom stereocenters. The van der Waals surface area contributed by atoms with Crippen LogP contribution in [0.25, 0.3) is 0 Å². The summed E-state index contributed by atoms with van der Waals surface area (Å²) < 4.78 is 0. The summed E-state index contributed by atoms with van der Waals surface area (Å²) >= 11 is 0. The molecule has 6 heteroatoms. The Balaban J connectivity index is 1.95. The Morgan fingerprint density at radius 1 is 1.24 bits per heavy atom. The van der Waals surface area contributed by atoms with Crippen molar-refractivity contribution in [3.63, 3.8) is 0 Å². The molecule has 2 aliphatic rings. The van der Waals surface area contributed by atoms with Crippen LogP contribution in [-0.4, -0.2) is 53.3 Å².